The van der Waals surface area contributed by atoms with Gasteiger partial charge in [0.05, 0.1) is 12.2 Å². The normalized spacial score (nSPS) is 37.2. The van der Waals surface area contributed by atoms with Crippen LogP contribution in [0, 0.1) is 40.9 Å². The van der Waals surface area contributed by atoms with Crippen LogP contribution in [0.1, 0.15) is 117 Å². The van der Waals surface area contributed by atoms with Crippen LogP contribution in [0.25, 0.3) is 12.2 Å². The zero-order valence-corrected chi connectivity index (χ0v) is 35.2. The molecule has 2 heterocycles. The lowest BCUT2D eigenvalue weighted by atomic mass is 9.49. The van der Waals surface area contributed by atoms with Gasteiger partial charge in [0, 0.05) is 21.6 Å². The number of thiophene rings is 1. The zero-order chi connectivity index (χ0) is 38.2. The third-order valence-corrected chi connectivity index (χ3v) is 18.1. The van der Waals surface area contributed by atoms with E-state index in [0.717, 1.165) is 19.3 Å². The van der Waals surface area contributed by atoms with E-state index in [1.54, 1.807) is 54.3 Å². The lowest BCUT2D eigenvalue weighted by molar-refractivity contribution is -0.175. The van der Waals surface area contributed by atoms with Crippen molar-refractivity contribution in [2.75, 3.05) is 0 Å². The van der Waals surface area contributed by atoms with Crippen molar-refractivity contribution in [2.24, 2.45) is 40.9 Å². The van der Waals surface area contributed by atoms with Crippen molar-refractivity contribution in [1.29, 1.82) is 0 Å². The summed E-state index contributed by atoms with van der Waals surface area (Å²) in [6.45, 7) is 0. The predicted octanol–water partition coefficient (Wildman–Crippen LogP) is 14.4. The number of hydrogen-bond donors (Lipinski definition) is 0. The Balaban J connectivity index is 0.977. The van der Waals surface area contributed by atoms with Gasteiger partial charge >= 0.3 is 0 Å². The molecule has 1 aromatic rings. The molecular formula is C56H60OS. The van der Waals surface area contributed by atoms with Crippen molar-refractivity contribution in [3.05, 3.63) is 163 Å². The summed E-state index contributed by atoms with van der Waals surface area (Å²) >= 11 is 2.10. The van der Waals surface area contributed by atoms with Gasteiger partial charge in [0.25, 0.3) is 0 Å². The first-order valence-electron chi connectivity index (χ1n) is 23.5. The summed E-state index contributed by atoms with van der Waals surface area (Å²) in [5, 5.41) is 0. The van der Waals surface area contributed by atoms with Crippen LogP contribution in [0.4, 0.5) is 0 Å². The molecule has 0 N–H and O–H groups in total. The van der Waals surface area contributed by atoms with Crippen molar-refractivity contribution >= 4 is 23.5 Å². The Morgan fingerprint density at radius 2 is 1.64 bits per heavy atom. The van der Waals surface area contributed by atoms with Crippen LogP contribution >= 0.6 is 11.3 Å². The molecule has 2 fully saturated rings. The SMILES string of the molecule is C1=CC2OC3CCC=CC3C3(C2C=C1)C1C=CC2=C(CCC=C2)C1C1C(/C(CCC2=Cc4sc5c(c4CC2)C=CCC5)=C2/CC=C(C4=CCCC=C4)CC2)=CCCC13. The molecule has 12 rings (SSSR count). The molecule has 0 amide bonds. The van der Waals surface area contributed by atoms with Crippen molar-refractivity contribution in [3.63, 3.8) is 0 Å². The molecule has 0 bridgehead atoms. The van der Waals surface area contributed by atoms with Gasteiger partial charge in [-0.05, 0) is 183 Å². The Morgan fingerprint density at radius 3 is 2.57 bits per heavy atom. The molecule has 9 atom stereocenters. The fraction of sp³-hybridized carbons (Fsp3) is 0.464. The van der Waals surface area contributed by atoms with Gasteiger partial charge in [-0.3, -0.25) is 0 Å². The third-order valence-electron chi connectivity index (χ3n) is 16.8. The summed E-state index contributed by atoms with van der Waals surface area (Å²) in [6.07, 6.45) is 66.3. The standard InChI is InChI=1S/C56H60OS/c1-2-13-37(14-3-1)38-27-29-40(30-28-38)41(32-25-36-26-33-44-43-17-6-11-24-52(43)58-53(44)35-36)45-18-12-21-48-55(45)54-42-16-5-4-15-39(42)31-34-49(54)56(48)46-19-7-9-22-50(46)57-51-23-10-8-20-47(51)56/h2,4,6-9,13-15,17-20,22,27,31,34-35,46-51,54-55H,1,3,5,10-12,16,21,23-26,28-30,32-33H2/b41-40-. The second kappa shape index (κ2) is 14.8. The summed E-state index contributed by atoms with van der Waals surface area (Å²) in [6, 6.07) is 0. The Hall–Kier alpha value is -3.72. The molecule has 1 nitrogen and oxygen atoms in total. The minimum absolute atomic E-state index is 0.154. The van der Waals surface area contributed by atoms with E-state index in [9.17, 15) is 0 Å². The maximum absolute atomic E-state index is 7.15. The van der Waals surface area contributed by atoms with Gasteiger partial charge in [-0.15, -0.1) is 11.3 Å². The molecule has 1 aromatic heterocycles. The maximum atomic E-state index is 7.15. The highest BCUT2D eigenvalue weighted by Crippen LogP contribution is 2.73. The fourth-order valence-corrected chi connectivity index (χ4v) is 15.9. The Labute approximate surface area is 351 Å². The van der Waals surface area contributed by atoms with E-state index in [1.165, 1.54) is 101 Å². The Kier molecular flexibility index (Phi) is 9.21. The van der Waals surface area contributed by atoms with Gasteiger partial charge in [-0.1, -0.05) is 120 Å². The second-order valence-electron chi connectivity index (χ2n) is 19.3. The van der Waals surface area contributed by atoms with Crippen molar-refractivity contribution in [2.45, 2.75) is 121 Å². The van der Waals surface area contributed by atoms with Crippen LogP contribution in [-0.4, -0.2) is 12.2 Å². The van der Waals surface area contributed by atoms with Crippen LogP contribution in [0.5, 0.6) is 0 Å². The monoisotopic (exact) mass is 780 g/mol. The average Bonchev–Trinajstić information content (AvgIpc) is 3.81. The van der Waals surface area contributed by atoms with Crippen molar-refractivity contribution in [1.82, 2.24) is 0 Å². The quantitative estimate of drug-likeness (QED) is 0.270. The minimum atomic E-state index is 0.154. The molecule has 11 aliphatic rings. The van der Waals surface area contributed by atoms with E-state index in [4.69, 9.17) is 4.74 Å². The smallest absolute Gasteiger partial charge is 0.0831 e. The molecule has 2 heteroatoms. The molecule has 58 heavy (non-hydrogen) atoms. The zero-order valence-electron chi connectivity index (χ0n) is 34.3. The lowest BCUT2D eigenvalue weighted by Gasteiger charge is -2.59. The van der Waals surface area contributed by atoms with Crippen LogP contribution < -0.4 is 0 Å². The lowest BCUT2D eigenvalue weighted by Crippen LogP contribution is -2.59. The molecule has 296 valence electrons. The van der Waals surface area contributed by atoms with E-state index in [0.29, 0.717) is 41.6 Å². The van der Waals surface area contributed by atoms with Crippen LogP contribution in [0.3, 0.4) is 0 Å². The van der Waals surface area contributed by atoms with E-state index >= 15 is 0 Å². The van der Waals surface area contributed by atoms with Gasteiger partial charge < -0.3 is 4.74 Å². The highest BCUT2D eigenvalue weighted by molar-refractivity contribution is 7.13. The molecule has 10 aliphatic carbocycles. The van der Waals surface area contributed by atoms with Crippen LogP contribution in [0.2, 0.25) is 0 Å². The average molecular weight is 781 g/mol. The van der Waals surface area contributed by atoms with Crippen LogP contribution in [0.15, 0.2) is 142 Å². The summed E-state index contributed by atoms with van der Waals surface area (Å²) in [5.41, 5.74) is 16.8. The number of rotatable bonds is 5. The van der Waals surface area contributed by atoms with E-state index < -0.39 is 0 Å². The number of ether oxygens (including phenoxy) is 1. The van der Waals surface area contributed by atoms with Crippen molar-refractivity contribution < 1.29 is 4.74 Å². The minimum Gasteiger partial charge on any atom is -0.370 e. The Morgan fingerprint density at radius 1 is 0.707 bits per heavy atom. The summed E-state index contributed by atoms with van der Waals surface area (Å²) in [5.74, 6) is 3.18. The number of hydrogen-bond acceptors (Lipinski definition) is 2. The first kappa shape index (κ1) is 36.2. The van der Waals surface area contributed by atoms with Gasteiger partial charge in [0.15, 0.2) is 0 Å². The maximum Gasteiger partial charge on any atom is 0.0831 e. The molecule has 0 radical (unpaired) electrons. The third kappa shape index (κ3) is 5.70. The van der Waals surface area contributed by atoms with Crippen LogP contribution in [-0.2, 0) is 17.6 Å². The highest BCUT2D eigenvalue weighted by atomic mass is 32.1. The summed E-state index contributed by atoms with van der Waals surface area (Å²) in [7, 11) is 0. The molecule has 9 unspecified atom stereocenters. The number of fused-ring (bicyclic) bond motifs is 13. The van der Waals surface area contributed by atoms with Crippen molar-refractivity contribution in [3.8, 4) is 0 Å². The van der Waals surface area contributed by atoms with E-state index in [2.05, 4.69) is 121 Å². The second-order valence-corrected chi connectivity index (χ2v) is 20.5. The highest BCUT2D eigenvalue weighted by Gasteiger charge is 2.70. The van der Waals surface area contributed by atoms with E-state index in [1.807, 2.05) is 0 Å². The topological polar surface area (TPSA) is 9.23 Å². The molecule has 0 aromatic carbocycles. The van der Waals surface area contributed by atoms with Gasteiger partial charge in [0.1, 0.15) is 0 Å². The first-order valence-corrected chi connectivity index (χ1v) is 24.3. The van der Waals surface area contributed by atoms with Gasteiger partial charge in [0.2, 0.25) is 0 Å². The number of aryl methyl sites for hydroxylation is 1. The largest absolute Gasteiger partial charge is 0.370 e. The Bertz CT molecular complexity index is 2310. The molecule has 1 spiro atoms. The molecule has 1 aliphatic heterocycles. The number of allylic oxidation sites excluding steroid dienone is 21. The first-order chi connectivity index (χ1) is 28.8. The molecular weight excluding hydrogens is 721 g/mol. The molecule has 1 saturated heterocycles. The van der Waals surface area contributed by atoms with Gasteiger partial charge in [-0.25, -0.2) is 0 Å². The van der Waals surface area contributed by atoms with Gasteiger partial charge in [-0.2, -0.15) is 0 Å². The summed E-state index contributed by atoms with van der Waals surface area (Å²) in [4.78, 5) is 3.20. The fourth-order valence-electron chi connectivity index (χ4n) is 14.6. The molecule has 1 saturated carbocycles. The summed E-state index contributed by atoms with van der Waals surface area (Å²) < 4.78 is 7.15. The van der Waals surface area contributed by atoms with E-state index in [-0.39, 0.29) is 11.5 Å². The predicted molar refractivity (Wildman–Crippen MR) is 243 cm³/mol.